The molecule has 0 saturated heterocycles. The topological polar surface area (TPSA) is 76.7 Å². The summed E-state index contributed by atoms with van der Waals surface area (Å²) in [4.78, 5) is 29.6. The van der Waals surface area contributed by atoms with Gasteiger partial charge in [0.2, 0.25) is 0 Å². The van der Waals surface area contributed by atoms with Crippen molar-refractivity contribution in [3.63, 3.8) is 0 Å². The first-order valence-corrected chi connectivity index (χ1v) is 14.0. The first-order valence-electron chi connectivity index (χ1n) is 10.1. The van der Waals surface area contributed by atoms with Crippen molar-refractivity contribution in [1.29, 1.82) is 0 Å². The lowest BCUT2D eigenvalue weighted by Gasteiger charge is -2.30. The summed E-state index contributed by atoms with van der Waals surface area (Å²) in [7, 11) is -1.36. The second-order valence-corrected chi connectivity index (χ2v) is 12.3. The fourth-order valence-electron chi connectivity index (χ4n) is 2.68. The van der Waals surface area contributed by atoms with Crippen LogP contribution >= 0.6 is 22.6 Å². The van der Waals surface area contributed by atoms with Crippen molar-refractivity contribution in [2.75, 3.05) is 11.9 Å². The molecular weight excluding hydrogens is 568 g/mol. The molecule has 0 bridgehead atoms. The third kappa shape index (κ3) is 7.26. The highest BCUT2D eigenvalue weighted by molar-refractivity contribution is 14.1. The van der Waals surface area contributed by atoms with Crippen LogP contribution in [0.25, 0.3) is 0 Å². The van der Waals surface area contributed by atoms with Crippen LogP contribution in [0.5, 0.6) is 0 Å². The van der Waals surface area contributed by atoms with Crippen molar-refractivity contribution in [2.45, 2.75) is 40.0 Å². The molecular formula is C22H26F3IN2O4Si. The summed E-state index contributed by atoms with van der Waals surface area (Å²) in [6.07, 6.45) is -0.457. The van der Waals surface area contributed by atoms with E-state index >= 15 is 0 Å². The van der Waals surface area contributed by atoms with E-state index in [2.05, 4.69) is 10.8 Å². The zero-order valence-electron chi connectivity index (χ0n) is 18.9. The molecule has 2 aromatic carbocycles. The highest BCUT2D eigenvalue weighted by Gasteiger charge is 2.29. The molecule has 2 aromatic rings. The van der Waals surface area contributed by atoms with Gasteiger partial charge in [-0.05, 0) is 65.4 Å². The monoisotopic (exact) mass is 594 g/mol. The summed E-state index contributed by atoms with van der Waals surface area (Å²) >= 11 is 1.90. The minimum atomic E-state index is -1.50. The van der Waals surface area contributed by atoms with Gasteiger partial charge in [0.1, 0.15) is 11.9 Å². The molecule has 0 saturated carbocycles. The molecule has 0 aliphatic rings. The fraction of sp³-hybridized carbons (Fsp3) is 0.364. The Kier molecular flexibility index (Phi) is 9.46. The summed E-state index contributed by atoms with van der Waals surface area (Å²) in [5, 5.41) is 2.42. The molecule has 1 atom stereocenters. The minimum absolute atomic E-state index is 0.0877. The summed E-state index contributed by atoms with van der Waals surface area (Å²) in [5.41, 5.74) is -0.0712. The standard InChI is InChI=1S/C22H26F3IN2O4Si/c1-22(2,3)17(11-31-33(4)5)32-28-21(30)14-8-12(10-29)18(24)19(25)20(14)27-16-7-6-13(26)9-15(16)23/h6-10,17,27,33H,11H2,1-5H3,(H,28,30). The Morgan fingerprint density at radius 3 is 2.39 bits per heavy atom. The third-order valence-corrected chi connectivity index (χ3v) is 6.17. The van der Waals surface area contributed by atoms with Crippen molar-refractivity contribution >= 4 is 55.2 Å². The van der Waals surface area contributed by atoms with Crippen LogP contribution in [0, 0.1) is 26.4 Å². The van der Waals surface area contributed by atoms with E-state index in [9.17, 15) is 22.8 Å². The molecule has 0 spiro atoms. The number of carbonyl (C=O) groups is 2. The molecule has 0 aromatic heterocycles. The molecule has 0 fully saturated rings. The van der Waals surface area contributed by atoms with E-state index in [1.807, 2.05) is 56.5 Å². The lowest BCUT2D eigenvalue weighted by molar-refractivity contribution is -0.0839. The zero-order chi connectivity index (χ0) is 24.9. The molecule has 0 aliphatic heterocycles. The average Bonchev–Trinajstić information content (AvgIpc) is 2.71. The van der Waals surface area contributed by atoms with Gasteiger partial charge in [-0.1, -0.05) is 20.8 Å². The average molecular weight is 594 g/mol. The van der Waals surface area contributed by atoms with Crippen molar-refractivity contribution in [1.82, 2.24) is 5.48 Å². The lowest BCUT2D eigenvalue weighted by Crippen LogP contribution is -2.41. The predicted molar refractivity (Wildman–Crippen MR) is 131 cm³/mol. The highest BCUT2D eigenvalue weighted by atomic mass is 127. The molecule has 1 unspecified atom stereocenters. The quantitative estimate of drug-likeness (QED) is 0.178. The molecule has 2 N–H and O–H groups in total. The Balaban J connectivity index is 2.39. The van der Waals surface area contributed by atoms with Crippen LogP contribution in [-0.2, 0) is 9.26 Å². The Morgan fingerprint density at radius 2 is 1.85 bits per heavy atom. The summed E-state index contributed by atoms with van der Waals surface area (Å²) in [6.45, 7) is 9.88. The SMILES string of the molecule is C[SiH](C)OCC(ONC(=O)c1cc(C=O)c(F)c(F)c1Nc1ccc(I)cc1F)C(C)(C)C. The van der Waals surface area contributed by atoms with Crippen molar-refractivity contribution < 1.29 is 32.0 Å². The van der Waals surface area contributed by atoms with Crippen LogP contribution in [0.2, 0.25) is 13.1 Å². The van der Waals surface area contributed by atoms with Crippen LogP contribution < -0.4 is 10.8 Å². The number of rotatable bonds is 9. The summed E-state index contributed by atoms with van der Waals surface area (Å²) in [6, 6.07) is 4.93. The molecule has 6 nitrogen and oxygen atoms in total. The van der Waals surface area contributed by atoms with Crippen LogP contribution in [0.1, 0.15) is 41.5 Å². The number of benzene rings is 2. The number of hydrogen-bond donors (Lipinski definition) is 2. The minimum Gasteiger partial charge on any atom is -0.418 e. The van der Waals surface area contributed by atoms with E-state index in [0.717, 1.165) is 6.07 Å². The van der Waals surface area contributed by atoms with Gasteiger partial charge in [0.15, 0.2) is 27.0 Å². The lowest BCUT2D eigenvalue weighted by atomic mass is 9.90. The maximum Gasteiger partial charge on any atom is 0.277 e. The maximum absolute atomic E-state index is 14.8. The van der Waals surface area contributed by atoms with Crippen molar-refractivity contribution in [3.05, 3.63) is 56.4 Å². The molecule has 33 heavy (non-hydrogen) atoms. The van der Waals surface area contributed by atoms with Gasteiger partial charge in [-0.15, -0.1) is 0 Å². The van der Waals surface area contributed by atoms with Gasteiger partial charge in [0.05, 0.1) is 29.1 Å². The van der Waals surface area contributed by atoms with E-state index < -0.39 is 60.7 Å². The van der Waals surface area contributed by atoms with Gasteiger partial charge in [-0.25, -0.2) is 18.7 Å². The number of hydrogen-bond acceptors (Lipinski definition) is 5. The summed E-state index contributed by atoms with van der Waals surface area (Å²) in [5.74, 6) is -4.63. The number of hydroxylamine groups is 1. The first-order chi connectivity index (χ1) is 15.3. The number of carbonyl (C=O) groups excluding carboxylic acids is 2. The van der Waals surface area contributed by atoms with Crippen LogP contribution in [-0.4, -0.2) is 33.9 Å². The second-order valence-electron chi connectivity index (χ2n) is 8.67. The molecule has 2 rings (SSSR count). The number of nitrogens with one attached hydrogen (secondary N) is 2. The molecule has 0 heterocycles. The smallest absolute Gasteiger partial charge is 0.277 e. The Morgan fingerprint density at radius 1 is 1.18 bits per heavy atom. The van der Waals surface area contributed by atoms with Gasteiger partial charge in [-0.3, -0.25) is 14.4 Å². The van der Waals surface area contributed by atoms with Gasteiger partial charge in [0.25, 0.3) is 5.91 Å². The Hall–Kier alpha value is -1.96. The van der Waals surface area contributed by atoms with Crippen LogP contribution in [0.3, 0.4) is 0 Å². The van der Waals surface area contributed by atoms with Gasteiger partial charge in [0, 0.05) is 3.57 Å². The van der Waals surface area contributed by atoms with Gasteiger partial charge in [-0.2, -0.15) is 0 Å². The zero-order valence-corrected chi connectivity index (χ0v) is 22.2. The molecule has 1 amide bonds. The van der Waals surface area contributed by atoms with Gasteiger partial charge < -0.3 is 9.74 Å². The first kappa shape index (κ1) is 27.3. The van der Waals surface area contributed by atoms with Crippen molar-refractivity contribution in [2.24, 2.45) is 5.41 Å². The number of halogens is 4. The largest absolute Gasteiger partial charge is 0.418 e. The molecule has 11 heteroatoms. The molecule has 180 valence electrons. The number of aldehydes is 1. The molecule has 0 aliphatic carbocycles. The second kappa shape index (κ2) is 11.4. The maximum atomic E-state index is 14.8. The van der Waals surface area contributed by atoms with Crippen molar-refractivity contribution in [3.8, 4) is 0 Å². The van der Waals surface area contributed by atoms with Crippen LogP contribution in [0.15, 0.2) is 24.3 Å². The normalized spacial score (nSPS) is 12.5. The van der Waals surface area contributed by atoms with E-state index in [1.165, 1.54) is 12.1 Å². The van der Waals surface area contributed by atoms with Gasteiger partial charge >= 0.3 is 0 Å². The van der Waals surface area contributed by atoms with E-state index in [-0.39, 0.29) is 18.6 Å². The van der Waals surface area contributed by atoms with E-state index in [1.54, 1.807) is 6.07 Å². The Bertz CT molecular complexity index is 1030. The highest BCUT2D eigenvalue weighted by Crippen LogP contribution is 2.30. The third-order valence-electron chi connectivity index (χ3n) is 4.64. The fourth-order valence-corrected chi connectivity index (χ4v) is 3.69. The van der Waals surface area contributed by atoms with E-state index in [0.29, 0.717) is 3.57 Å². The predicted octanol–water partition coefficient (Wildman–Crippen LogP) is 5.34. The Labute approximate surface area is 206 Å². The number of anilines is 2. The van der Waals surface area contributed by atoms with Crippen LogP contribution in [0.4, 0.5) is 24.5 Å². The number of amides is 1. The molecule has 0 radical (unpaired) electrons. The summed E-state index contributed by atoms with van der Waals surface area (Å²) < 4.78 is 49.7. The van der Waals surface area contributed by atoms with E-state index in [4.69, 9.17) is 9.26 Å².